The highest BCUT2D eigenvalue weighted by Crippen LogP contribution is 2.38. The summed E-state index contributed by atoms with van der Waals surface area (Å²) in [5, 5.41) is 122. The average molecular weight is 1630 g/mol. The lowest BCUT2D eigenvalue weighted by Crippen LogP contribution is -2.63. The third kappa shape index (κ3) is 30.4. The van der Waals surface area contributed by atoms with Crippen LogP contribution in [-0.2, 0) is 42.7 Å². The number of thiocarbonyl (C=S) groups is 3. The number of carbonyl (C=O) groups is 3. The van der Waals surface area contributed by atoms with Gasteiger partial charge < -0.3 is 146 Å². The maximum Gasteiger partial charge on any atom is 0.315 e. The molecule has 6 saturated heterocycles. The number of ether oxygens (including phenoxy) is 10. The number of urea groups is 1. The van der Waals surface area contributed by atoms with Crippen LogP contribution < -0.4 is 57.2 Å². The number of likely N-dealkylation sites (N-methyl/N-ethyl adjacent to an activating group) is 1. The number of nitrogens with one attached hydrogen (secondary N) is 7. The Kier molecular flexibility index (Phi) is 40.3. The first kappa shape index (κ1) is 91.8. The van der Waals surface area contributed by atoms with Crippen molar-refractivity contribution >= 4 is 136 Å². The van der Waals surface area contributed by atoms with Crippen LogP contribution in [0.1, 0.15) is 65.2 Å². The number of benzene rings is 3. The molecule has 0 aliphatic carbocycles. The summed E-state index contributed by atoms with van der Waals surface area (Å²) in [6, 6.07) is 20.4. The van der Waals surface area contributed by atoms with Crippen LogP contribution in [0.15, 0.2) is 77.8 Å². The molecule has 3 aromatic rings. The molecule has 1 spiro atoms. The highest BCUT2D eigenvalue weighted by Gasteiger charge is 2.52. The summed E-state index contributed by atoms with van der Waals surface area (Å²) in [6.45, 7) is 6.05. The second kappa shape index (κ2) is 47.4. The maximum atomic E-state index is 12.3. The van der Waals surface area contributed by atoms with Crippen LogP contribution in [0.3, 0.4) is 0 Å². The molecule has 9 rings (SSSR count). The van der Waals surface area contributed by atoms with Crippen molar-refractivity contribution in [3.63, 3.8) is 0 Å². The van der Waals surface area contributed by atoms with Gasteiger partial charge in [0.2, 0.25) is 30.7 Å². The van der Waals surface area contributed by atoms with Gasteiger partial charge >= 0.3 is 6.03 Å². The van der Waals surface area contributed by atoms with Crippen LogP contribution in [0.2, 0.25) is 0 Å². The van der Waals surface area contributed by atoms with E-state index in [4.69, 9.17) is 96.9 Å². The van der Waals surface area contributed by atoms with Gasteiger partial charge in [0.25, 0.3) is 0 Å². The molecule has 0 bridgehead atoms. The second-order valence-corrected chi connectivity index (χ2v) is 29.5. The summed E-state index contributed by atoms with van der Waals surface area (Å²) in [7, 11) is 12.3. The minimum Gasteiger partial charge on any atom is -0.462 e. The van der Waals surface area contributed by atoms with E-state index in [0.717, 1.165) is 60.3 Å². The predicted octanol–water partition coefficient (Wildman–Crippen LogP) is 0.0920. The number of carbonyl (C=O) groups excluding carboxylic acids is 3. The zero-order chi connectivity index (χ0) is 78.8. The number of aliphatic hydroxyl groups excluding tert-OH is 10. The van der Waals surface area contributed by atoms with Gasteiger partial charge in [0, 0.05) is 68.4 Å². The highest BCUT2D eigenvalue weighted by molar-refractivity contribution is 8.19. The molecule has 3 aromatic carbocycles. The molecule has 41 heteroatoms. The molecule has 4 amide bonds. The van der Waals surface area contributed by atoms with Gasteiger partial charge in [-0.25, -0.2) is 28.0 Å². The number of unbranched alkanes of at least 4 members (excludes halogenated alkanes) is 1. The van der Waals surface area contributed by atoms with Crippen LogP contribution in [0.5, 0.6) is 17.2 Å². The van der Waals surface area contributed by atoms with Crippen molar-refractivity contribution in [2.75, 3.05) is 114 Å². The number of nitrogens with zero attached hydrogens (tertiary/aromatic N) is 2. The fourth-order valence-electron chi connectivity index (χ4n) is 11.2. The van der Waals surface area contributed by atoms with E-state index in [1.165, 1.54) is 4.90 Å². The summed E-state index contributed by atoms with van der Waals surface area (Å²) < 4.78 is 55.7. The van der Waals surface area contributed by atoms with E-state index in [1.54, 1.807) is 79.8 Å². The summed E-state index contributed by atoms with van der Waals surface area (Å²) in [5.74, 6) is 2.22. The first-order valence-electron chi connectivity index (χ1n) is 34.8. The van der Waals surface area contributed by atoms with Gasteiger partial charge in [-0.2, -0.15) is 16.8 Å². The third-order valence-corrected chi connectivity index (χ3v) is 19.9. The summed E-state index contributed by atoms with van der Waals surface area (Å²) in [6.07, 6.45) is -8.79. The molecular formula is C67H100B2N10O23S6. The number of amides is 4. The van der Waals surface area contributed by atoms with Gasteiger partial charge in [0.1, 0.15) is 65.1 Å². The van der Waals surface area contributed by atoms with Gasteiger partial charge in [0.15, 0.2) is 30.3 Å². The van der Waals surface area contributed by atoms with Crippen molar-refractivity contribution in [3.05, 3.63) is 72.8 Å². The Labute approximate surface area is 658 Å². The van der Waals surface area contributed by atoms with Crippen molar-refractivity contribution in [1.29, 1.82) is 0 Å². The van der Waals surface area contributed by atoms with E-state index < -0.39 is 105 Å². The number of hydrogen-bond donors (Lipinski definition) is 18. The molecule has 13 unspecified atom stereocenters. The fourth-order valence-corrected chi connectivity index (χ4v) is 13.8. The van der Waals surface area contributed by atoms with Crippen LogP contribution in [0.4, 0.5) is 21.9 Å². The maximum absolute atomic E-state index is 12.3. The summed E-state index contributed by atoms with van der Waals surface area (Å²) in [4.78, 5) is 41.0. The molecule has 598 valence electrons. The number of anilines is 2. The van der Waals surface area contributed by atoms with Crippen molar-refractivity contribution in [3.8, 4) is 17.2 Å². The number of rotatable bonds is 33. The summed E-state index contributed by atoms with van der Waals surface area (Å²) in [5.41, 5.74) is 5.19. The van der Waals surface area contributed by atoms with E-state index in [9.17, 15) is 60.3 Å². The molecule has 33 nitrogen and oxygen atoms in total. The van der Waals surface area contributed by atoms with Crippen molar-refractivity contribution < 1.29 is 113 Å². The Hall–Kier alpha value is -5.09. The predicted molar refractivity (Wildman–Crippen MR) is 418 cm³/mol. The van der Waals surface area contributed by atoms with Gasteiger partial charge in [-0.05, 0) is 156 Å². The number of isothiocyanates is 1. The minimum absolute atomic E-state index is 0.0223. The Bertz CT molecular complexity index is 3240. The molecule has 14 atom stereocenters. The molecular weight excluding hydrogens is 1530 g/mol. The third-order valence-electron chi connectivity index (χ3n) is 17.2. The fraction of sp³-hybridized carbons (Fsp3) is 0.642. The molecule has 0 saturated carbocycles. The highest BCUT2D eigenvalue weighted by atomic mass is 32.2. The monoisotopic (exact) mass is 1630 g/mol. The molecule has 6 fully saturated rings. The first-order valence-corrected chi connectivity index (χ1v) is 39.1. The van der Waals surface area contributed by atoms with Crippen molar-refractivity contribution in [2.45, 2.75) is 167 Å². The van der Waals surface area contributed by atoms with Gasteiger partial charge in [-0.15, -0.1) is 0 Å². The lowest BCUT2D eigenvalue weighted by Gasteiger charge is -2.49. The quantitative estimate of drug-likeness (QED) is 0.00959. The summed E-state index contributed by atoms with van der Waals surface area (Å²) >= 11 is 18.9. The van der Waals surface area contributed by atoms with Gasteiger partial charge in [-0.1, -0.05) is 6.42 Å². The first-order chi connectivity index (χ1) is 51.7. The zero-order valence-corrected chi connectivity index (χ0v) is 65.0. The SMILES string of the molecule is CN(CC(=O)NCCCOCCOCCCN)C(=O)CCCC[C@@H]1SCC2NC(=O)NC21.OCC1OC(Oc2ccc(N=C=S)cc2)C(O)C(O)C1O.[B]SCNC(=S)Nc1ccc(OC2OC(CO)(CO)CC(O)C2O)cc1.[B]SCNC(=S)Nc1ccc(OC2OC3(COC(C)(C)OC3)CC(O)C2O)cc1. The standard InChI is InChI=1S/C21H39N5O5S.C18H25BN2O6S2.C15H21BN2O6S2.C13H15NO6S/c1-26(14-18(27)23-9-5-11-31-13-12-30-10-4-8-22)19(28)7-3-2-6-17-20-16(15-32-17)24-21(29)25-20;1-17(2)24-8-18(9-25-17)7-13(22)14(23)15(27-18)26-12-5-3-11(4-6-12)21-16(28)20-10-29-19;16-26-8-17-14(25)18-9-1-3-10(4-2-9)23-13-12(22)11(21)5-15(6-19,7-20)24-13;15-5-9-10(16)11(17)12(18)13(20-9)19-8-3-1-7(2-4-8)14-6-21/h16-17,20H,2-15,22H2,1H3,(H,23,27)(H2,24,25,29);3-6,13-15,22-23H,7-10H2,1-2H3,(H2,20,21,28);1-4,11-13,19-22H,5-8H2,(H2,17,18,25);1-4,9-13,15-18H,5H2/t16?,17-,20?;;;/m0.../s1. The molecule has 4 radical (unpaired) electrons. The lowest BCUT2D eigenvalue weighted by atomic mass is 9.90. The smallest absolute Gasteiger partial charge is 0.315 e. The zero-order valence-electron chi connectivity index (χ0n) is 60.1. The van der Waals surface area contributed by atoms with E-state index in [1.807, 2.05) is 25.6 Å². The second-order valence-electron chi connectivity index (χ2n) is 26.0. The normalized spacial score (nSPS) is 26.1. The topological polar surface area (TPSA) is 472 Å². The minimum atomic E-state index is -1.47. The van der Waals surface area contributed by atoms with E-state index in [0.29, 0.717) is 108 Å². The molecule has 0 aromatic heterocycles. The number of thioether (sulfide) groups is 1. The largest absolute Gasteiger partial charge is 0.462 e. The molecule has 19 N–H and O–H groups in total. The molecule has 6 aliphatic rings. The van der Waals surface area contributed by atoms with E-state index in [2.05, 4.69) is 59.6 Å². The van der Waals surface area contributed by atoms with E-state index in [-0.39, 0.29) is 62.5 Å². The van der Waals surface area contributed by atoms with Crippen molar-refractivity contribution in [2.24, 2.45) is 10.7 Å². The van der Waals surface area contributed by atoms with Crippen LogP contribution in [0.25, 0.3) is 0 Å². The van der Waals surface area contributed by atoms with Crippen molar-refractivity contribution in [1.82, 2.24) is 31.5 Å². The molecule has 6 aliphatic heterocycles. The molecule has 6 heterocycles. The van der Waals surface area contributed by atoms with Gasteiger partial charge in [0.05, 0.1) is 99.7 Å². The Balaban J connectivity index is 0.000000227. The van der Waals surface area contributed by atoms with Crippen LogP contribution >= 0.6 is 71.6 Å². The number of nitrogens with two attached hydrogens (primary N) is 1. The lowest BCUT2D eigenvalue weighted by molar-refractivity contribution is -0.360. The number of hydrogen-bond acceptors (Lipinski definition) is 31. The average Bonchev–Trinajstić information content (AvgIpc) is 1.07. The Morgan fingerprint density at radius 2 is 1.24 bits per heavy atom. The van der Waals surface area contributed by atoms with E-state index >= 15 is 0 Å². The van der Waals surface area contributed by atoms with Gasteiger partial charge in [-0.3, -0.25) is 9.59 Å². The molecule has 108 heavy (non-hydrogen) atoms. The number of aliphatic imine (C=N–C) groups is 1. The number of fused-ring (bicyclic) bond motifs is 1. The Morgan fingerprint density at radius 1 is 0.704 bits per heavy atom. The van der Waals surface area contributed by atoms with Crippen LogP contribution in [-0.4, -0.2) is 309 Å². The number of aliphatic hydroxyl groups is 10. The Morgan fingerprint density at radius 3 is 1.78 bits per heavy atom. The van der Waals surface area contributed by atoms with Crippen LogP contribution in [0, 0.1) is 0 Å².